The van der Waals surface area contributed by atoms with E-state index in [1.54, 1.807) is 6.07 Å². The van der Waals surface area contributed by atoms with Gasteiger partial charge in [0, 0.05) is 5.56 Å². The van der Waals surface area contributed by atoms with Gasteiger partial charge in [-0.3, -0.25) is 0 Å². The molecule has 1 aromatic rings. The lowest BCUT2D eigenvalue weighted by Gasteiger charge is -2.25. The number of hydrogen-bond donors (Lipinski definition) is 1. The smallest absolute Gasteiger partial charge is 0.338 e. The van der Waals surface area contributed by atoms with Crippen LogP contribution in [0.15, 0.2) is 30.4 Å². The van der Waals surface area contributed by atoms with Crippen LogP contribution in [-0.2, 0) is 11.3 Å². The number of carboxylic acids is 1. The summed E-state index contributed by atoms with van der Waals surface area (Å²) in [5, 5.41) is 8.87. The molecule has 2 rings (SSSR count). The van der Waals surface area contributed by atoms with Gasteiger partial charge in [-0.05, 0) is 30.7 Å². The predicted octanol–water partition coefficient (Wildman–Crippen LogP) is 3.64. The van der Waals surface area contributed by atoms with E-state index in [1.165, 1.54) is 12.1 Å². The molecule has 2 atom stereocenters. The SMILES string of the molecule is CC1CC=CCC1COCc1cccc(C(=O)O)c1F. The third kappa shape index (κ3) is 3.45. The maximum Gasteiger partial charge on any atom is 0.338 e. The fourth-order valence-electron chi connectivity index (χ4n) is 2.42. The standard InChI is InChI=1S/C16H19FO3/c1-11-5-2-3-6-12(11)9-20-10-13-7-4-8-14(15(13)17)16(18)19/h2-4,7-8,11-12H,5-6,9-10H2,1H3,(H,18,19). The van der Waals surface area contributed by atoms with E-state index < -0.39 is 11.8 Å². The predicted molar refractivity (Wildman–Crippen MR) is 74.0 cm³/mol. The zero-order valence-corrected chi connectivity index (χ0v) is 11.5. The Balaban J connectivity index is 1.93. The summed E-state index contributed by atoms with van der Waals surface area (Å²) in [6, 6.07) is 4.36. The molecule has 0 amide bonds. The molecule has 4 heteroatoms. The number of carbonyl (C=O) groups is 1. The fraction of sp³-hybridized carbons (Fsp3) is 0.438. The molecule has 3 nitrogen and oxygen atoms in total. The van der Waals surface area contributed by atoms with Gasteiger partial charge in [0.05, 0.1) is 18.8 Å². The number of rotatable bonds is 5. The van der Waals surface area contributed by atoms with E-state index in [-0.39, 0.29) is 12.2 Å². The molecule has 0 heterocycles. The van der Waals surface area contributed by atoms with Crippen molar-refractivity contribution in [3.8, 4) is 0 Å². The highest BCUT2D eigenvalue weighted by molar-refractivity contribution is 5.88. The maximum absolute atomic E-state index is 13.9. The minimum Gasteiger partial charge on any atom is -0.478 e. The van der Waals surface area contributed by atoms with E-state index in [9.17, 15) is 9.18 Å². The molecule has 0 bridgehead atoms. The normalized spacial score (nSPS) is 21.9. The van der Waals surface area contributed by atoms with Crippen LogP contribution >= 0.6 is 0 Å². The highest BCUT2D eigenvalue weighted by Gasteiger charge is 2.19. The molecule has 1 aliphatic carbocycles. The van der Waals surface area contributed by atoms with E-state index in [1.807, 2.05) is 0 Å². The van der Waals surface area contributed by atoms with Crippen LogP contribution in [-0.4, -0.2) is 17.7 Å². The lowest BCUT2D eigenvalue weighted by Crippen LogP contribution is -2.19. The summed E-state index contributed by atoms with van der Waals surface area (Å²) in [5.74, 6) is -0.937. The van der Waals surface area contributed by atoms with Gasteiger partial charge in [0.2, 0.25) is 0 Å². The molecule has 0 radical (unpaired) electrons. The van der Waals surface area contributed by atoms with Crippen molar-refractivity contribution in [3.63, 3.8) is 0 Å². The van der Waals surface area contributed by atoms with E-state index in [0.29, 0.717) is 24.0 Å². The zero-order chi connectivity index (χ0) is 14.5. The van der Waals surface area contributed by atoms with Gasteiger partial charge < -0.3 is 9.84 Å². The van der Waals surface area contributed by atoms with Gasteiger partial charge in [-0.1, -0.05) is 31.2 Å². The van der Waals surface area contributed by atoms with Gasteiger partial charge in [-0.25, -0.2) is 9.18 Å². The molecule has 20 heavy (non-hydrogen) atoms. The molecule has 1 aliphatic rings. The topological polar surface area (TPSA) is 46.5 Å². The second kappa shape index (κ2) is 6.66. The highest BCUT2D eigenvalue weighted by atomic mass is 19.1. The Bertz CT molecular complexity index is 510. The van der Waals surface area contributed by atoms with Crippen molar-refractivity contribution >= 4 is 5.97 Å². The molecule has 108 valence electrons. The van der Waals surface area contributed by atoms with Crippen LogP contribution in [0.3, 0.4) is 0 Å². The van der Waals surface area contributed by atoms with Gasteiger partial charge in [0.25, 0.3) is 0 Å². The first-order valence-corrected chi connectivity index (χ1v) is 6.83. The Kier molecular flexibility index (Phi) is 4.90. The van der Waals surface area contributed by atoms with E-state index in [4.69, 9.17) is 9.84 Å². The number of allylic oxidation sites excluding steroid dienone is 2. The van der Waals surface area contributed by atoms with Crippen LogP contribution in [0.5, 0.6) is 0 Å². The Hall–Kier alpha value is -1.68. The van der Waals surface area contributed by atoms with Crippen molar-refractivity contribution in [3.05, 3.63) is 47.3 Å². The molecular formula is C16H19FO3. The molecular weight excluding hydrogens is 259 g/mol. The minimum absolute atomic E-state index is 0.111. The number of carboxylic acid groups (broad SMARTS) is 1. The number of ether oxygens (including phenoxy) is 1. The molecule has 0 spiro atoms. The van der Waals surface area contributed by atoms with Crippen molar-refractivity contribution < 1.29 is 19.0 Å². The lowest BCUT2D eigenvalue weighted by molar-refractivity contribution is 0.0651. The van der Waals surface area contributed by atoms with Gasteiger partial charge in [-0.2, -0.15) is 0 Å². The summed E-state index contributed by atoms with van der Waals surface area (Å²) in [7, 11) is 0. The summed E-state index contributed by atoms with van der Waals surface area (Å²) in [5.41, 5.74) is -0.0102. The number of halogens is 1. The monoisotopic (exact) mass is 278 g/mol. The Morgan fingerprint density at radius 2 is 2.15 bits per heavy atom. The molecule has 0 saturated carbocycles. The lowest BCUT2D eigenvalue weighted by atomic mass is 9.85. The first-order chi connectivity index (χ1) is 9.59. The average Bonchev–Trinajstić information content (AvgIpc) is 2.42. The summed E-state index contributed by atoms with van der Waals surface area (Å²) in [6.07, 6.45) is 6.37. The Morgan fingerprint density at radius 1 is 1.40 bits per heavy atom. The summed E-state index contributed by atoms with van der Waals surface area (Å²) in [4.78, 5) is 10.8. The fourth-order valence-corrected chi connectivity index (χ4v) is 2.42. The maximum atomic E-state index is 13.9. The van der Waals surface area contributed by atoms with Crippen LogP contribution in [0.1, 0.15) is 35.7 Å². The molecule has 1 aromatic carbocycles. The van der Waals surface area contributed by atoms with Crippen molar-refractivity contribution in [2.75, 3.05) is 6.61 Å². The van der Waals surface area contributed by atoms with Crippen LogP contribution in [0.2, 0.25) is 0 Å². The first kappa shape index (κ1) is 14.7. The van der Waals surface area contributed by atoms with Crippen LogP contribution in [0.4, 0.5) is 4.39 Å². The van der Waals surface area contributed by atoms with E-state index >= 15 is 0 Å². The quantitative estimate of drug-likeness (QED) is 0.836. The van der Waals surface area contributed by atoms with Crippen LogP contribution in [0.25, 0.3) is 0 Å². The van der Waals surface area contributed by atoms with Gasteiger partial charge in [0.15, 0.2) is 0 Å². The van der Waals surface area contributed by atoms with Crippen LogP contribution in [0, 0.1) is 17.7 Å². The summed E-state index contributed by atoms with van der Waals surface area (Å²) >= 11 is 0. The molecule has 2 unspecified atom stereocenters. The third-order valence-electron chi connectivity index (χ3n) is 3.82. The largest absolute Gasteiger partial charge is 0.478 e. The molecule has 0 fully saturated rings. The molecule has 0 aromatic heterocycles. The second-order valence-corrected chi connectivity index (χ2v) is 5.28. The summed E-state index contributed by atoms with van der Waals surface area (Å²) < 4.78 is 19.5. The van der Waals surface area contributed by atoms with Crippen molar-refractivity contribution in [2.45, 2.75) is 26.4 Å². The van der Waals surface area contributed by atoms with E-state index in [2.05, 4.69) is 19.1 Å². The Morgan fingerprint density at radius 3 is 2.85 bits per heavy atom. The molecule has 1 N–H and O–H groups in total. The second-order valence-electron chi connectivity index (χ2n) is 5.28. The number of aromatic carboxylic acids is 1. The highest BCUT2D eigenvalue weighted by Crippen LogP contribution is 2.25. The van der Waals surface area contributed by atoms with Crippen LogP contribution < -0.4 is 0 Å². The van der Waals surface area contributed by atoms with Gasteiger partial charge in [0.1, 0.15) is 5.82 Å². The Labute approximate surface area is 118 Å². The first-order valence-electron chi connectivity index (χ1n) is 6.83. The molecule has 0 saturated heterocycles. The summed E-state index contributed by atoms with van der Waals surface area (Å²) in [6.45, 7) is 2.87. The third-order valence-corrected chi connectivity index (χ3v) is 3.82. The average molecular weight is 278 g/mol. The minimum atomic E-state index is -1.25. The van der Waals surface area contributed by atoms with Gasteiger partial charge in [-0.15, -0.1) is 0 Å². The van der Waals surface area contributed by atoms with E-state index in [0.717, 1.165) is 12.8 Å². The zero-order valence-electron chi connectivity index (χ0n) is 11.5. The van der Waals surface area contributed by atoms with Crippen molar-refractivity contribution in [2.24, 2.45) is 11.8 Å². The van der Waals surface area contributed by atoms with Crippen molar-refractivity contribution in [1.82, 2.24) is 0 Å². The van der Waals surface area contributed by atoms with Crippen molar-refractivity contribution in [1.29, 1.82) is 0 Å². The number of benzene rings is 1. The van der Waals surface area contributed by atoms with Gasteiger partial charge >= 0.3 is 5.97 Å². The molecule has 0 aliphatic heterocycles. The number of hydrogen-bond acceptors (Lipinski definition) is 2.